The molecular formula is C24H17Cl3N4O2S. The van der Waals surface area contributed by atoms with Crippen molar-refractivity contribution >= 4 is 63.1 Å². The first-order valence-electron chi connectivity index (χ1n) is 10.1. The lowest BCUT2D eigenvalue weighted by atomic mass is 10.0. The van der Waals surface area contributed by atoms with Crippen molar-refractivity contribution in [1.29, 1.82) is 0 Å². The van der Waals surface area contributed by atoms with Gasteiger partial charge < -0.3 is 5.32 Å². The van der Waals surface area contributed by atoms with Crippen LogP contribution in [0.4, 0.5) is 5.13 Å². The van der Waals surface area contributed by atoms with Gasteiger partial charge in [0.2, 0.25) is 11.0 Å². The lowest BCUT2D eigenvalue weighted by Gasteiger charge is -2.18. The van der Waals surface area contributed by atoms with Crippen LogP contribution in [0.25, 0.3) is 10.6 Å². The van der Waals surface area contributed by atoms with Crippen molar-refractivity contribution in [3.63, 3.8) is 0 Å². The molecule has 0 aliphatic heterocycles. The van der Waals surface area contributed by atoms with Crippen molar-refractivity contribution in [2.45, 2.75) is 12.5 Å². The van der Waals surface area contributed by atoms with E-state index in [2.05, 4.69) is 20.8 Å². The summed E-state index contributed by atoms with van der Waals surface area (Å²) >= 11 is 19.2. The quantitative estimate of drug-likeness (QED) is 0.300. The van der Waals surface area contributed by atoms with Gasteiger partial charge in [-0.1, -0.05) is 88.6 Å². The highest BCUT2D eigenvalue weighted by atomic mass is 35.5. The monoisotopic (exact) mass is 530 g/mol. The molecule has 3 aromatic carbocycles. The van der Waals surface area contributed by atoms with Gasteiger partial charge in [-0.2, -0.15) is 0 Å². The minimum absolute atomic E-state index is 0.254. The Hall–Kier alpha value is -2.97. The number of nitrogens with one attached hydrogen (secondary N) is 2. The molecule has 0 bridgehead atoms. The summed E-state index contributed by atoms with van der Waals surface area (Å²) in [5, 5.41) is 15.9. The number of halogens is 3. The van der Waals surface area contributed by atoms with Gasteiger partial charge in [0.1, 0.15) is 11.0 Å². The van der Waals surface area contributed by atoms with E-state index in [-0.39, 0.29) is 12.0 Å². The lowest BCUT2D eigenvalue weighted by molar-refractivity contribution is -0.118. The molecule has 0 aliphatic carbocycles. The smallest absolute Gasteiger partial charge is 0.252 e. The molecule has 10 heteroatoms. The first kappa shape index (κ1) is 24.2. The van der Waals surface area contributed by atoms with Crippen molar-refractivity contribution < 1.29 is 9.59 Å². The topological polar surface area (TPSA) is 84.0 Å². The van der Waals surface area contributed by atoms with Crippen LogP contribution in [0.1, 0.15) is 15.9 Å². The summed E-state index contributed by atoms with van der Waals surface area (Å²) < 4.78 is 0. The number of amides is 2. The fourth-order valence-corrected chi connectivity index (χ4v) is 4.56. The summed E-state index contributed by atoms with van der Waals surface area (Å²) in [6.07, 6.45) is 0.273. The van der Waals surface area contributed by atoms with Gasteiger partial charge in [0.25, 0.3) is 5.91 Å². The van der Waals surface area contributed by atoms with Crippen LogP contribution < -0.4 is 10.6 Å². The van der Waals surface area contributed by atoms with Crippen molar-refractivity contribution in [2.75, 3.05) is 5.32 Å². The van der Waals surface area contributed by atoms with Gasteiger partial charge in [0.05, 0.1) is 0 Å². The van der Waals surface area contributed by atoms with Gasteiger partial charge in [-0.15, -0.1) is 10.2 Å². The van der Waals surface area contributed by atoms with Crippen molar-refractivity contribution in [2.24, 2.45) is 0 Å². The Morgan fingerprint density at radius 3 is 2.21 bits per heavy atom. The van der Waals surface area contributed by atoms with Crippen LogP contribution in [0.15, 0.2) is 72.8 Å². The van der Waals surface area contributed by atoms with Crippen molar-refractivity contribution in [3.8, 4) is 10.6 Å². The zero-order valence-corrected chi connectivity index (χ0v) is 20.6. The van der Waals surface area contributed by atoms with E-state index < -0.39 is 17.9 Å². The Kier molecular flexibility index (Phi) is 7.80. The maximum atomic E-state index is 13.2. The summed E-state index contributed by atoms with van der Waals surface area (Å²) in [4.78, 5) is 26.0. The lowest BCUT2D eigenvalue weighted by Crippen LogP contribution is -2.45. The van der Waals surface area contributed by atoms with E-state index in [0.717, 1.165) is 11.1 Å². The second kappa shape index (κ2) is 11.0. The van der Waals surface area contributed by atoms with Crippen LogP contribution >= 0.6 is 46.1 Å². The SMILES string of the molecule is O=C(N[C@@H](Cc1ccccc1)C(=O)Nc1nnc(-c2ccc(Cl)cc2)s1)c1cc(Cl)cc(Cl)c1. The summed E-state index contributed by atoms with van der Waals surface area (Å²) in [5.74, 6) is -0.899. The molecular weight excluding hydrogens is 515 g/mol. The molecule has 34 heavy (non-hydrogen) atoms. The number of nitrogens with zero attached hydrogens (tertiary/aromatic N) is 2. The van der Waals surface area contributed by atoms with Gasteiger partial charge in [0.15, 0.2) is 0 Å². The number of rotatable bonds is 7. The predicted octanol–water partition coefficient (Wildman–Crippen LogP) is 6.15. The van der Waals surface area contributed by atoms with E-state index in [4.69, 9.17) is 34.8 Å². The molecule has 172 valence electrons. The van der Waals surface area contributed by atoms with Gasteiger partial charge in [-0.25, -0.2) is 0 Å². The Morgan fingerprint density at radius 2 is 1.53 bits per heavy atom. The summed E-state index contributed by atoms with van der Waals surface area (Å²) in [5.41, 5.74) is 1.96. The Morgan fingerprint density at radius 1 is 0.853 bits per heavy atom. The van der Waals surface area contributed by atoms with E-state index in [0.29, 0.717) is 25.2 Å². The van der Waals surface area contributed by atoms with Crippen LogP contribution in [0.2, 0.25) is 15.1 Å². The molecule has 1 atom stereocenters. The zero-order chi connectivity index (χ0) is 24.1. The molecule has 6 nitrogen and oxygen atoms in total. The predicted molar refractivity (Wildman–Crippen MR) is 137 cm³/mol. The molecule has 0 saturated carbocycles. The average Bonchev–Trinajstić information content (AvgIpc) is 3.27. The number of anilines is 1. The molecule has 0 radical (unpaired) electrons. The van der Waals surface area contributed by atoms with Crippen LogP contribution in [-0.4, -0.2) is 28.1 Å². The highest BCUT2D eigenvalue weighted by Gasteiger charge is 2.24. The first-order chi connectivity index (χ1) is 16.4. The van der Waals surface area contributed by atoms with Gasteiger partial charge in [-0.05, 0) is 35.9 Å². The number of carbonyl (C=O) groups is 2. The molecule has 2 N–H and O–H groups in total. The highest BCUT2D eigenvalue weighted by molar-refractivity contribution is 7.18. The van der Waals surface area contributed by atoms with Crippen LogP contribution in [0, 0.1) is 0 Å². The fourth-order valence-electron chi connectivity index (χ4n) is 3.16. The number of benzene rings is 3. The third kappa shape index (κ3) is 6.33. The normalized spacial score (nSPS) is 11.6. The van der Waals surface area contributed by atoms with Gasteiger partial charge >= 0.3 is 0 Å². The zero-order valence-electron chi connectivity index (χ0n) is 17.5. The van der Waals surface area contributed by atoms with Crippen LogP contribution in [0.3, 0.4) is 0 Å². The number of carbonyl (C=O) groups excluding carboxylic acids is 2. The molecule has 0 unspecified atom stereocenters. The Balaban J connectivity index is 1.53. The summed E-state index contributed by atoms with van der Waals surface area (Å²) in [7, 11) is 0. The van der Waals surface area contributed by atoms with E-state index in [9.17, 15) is 9.59 Å². The molecule has 0 aliphatic rings. The second-order valence-electron chi connectivity index (χ2n) is 7.28. The average molecular weight is 532 g/mol. The third-order valence-corrected chi connectivity index (χ3v) is 6.35. The summed E-state index contributed by atoms with van der Waals surface area (Å²) in [6, 6.07) is 20.2. The van der Waals surface area contributed by atoms with Gasteiger partial charge in [0, 0.05) is 32.6 Å². The van der Waals surface area contributed by atoms with Crippen molar-refractivity contribution in [3.05, 3.63) is 99.0 Å². The van der Waals surface area contributed by atoms with Crippen LogP contribution in [0.5, 0.6) is 0 Å². The van der Waals surface area contributed by atoms with E-state index >= 15 is 0 Å². The molecule has 1 heterocycles. The van der Waals surface area contributed by atoms with E-state index in [1.807, 2.05) is 42.5 Å². The number of hydrogen-bond donors (Lipinski definition) is 2. The van der Waals surface area contributed by atoms with E-state index in [1.165, 1.54) is 29.5 Å². The molecule has 0 spiro atoms. The minimum Gasteiger partial charge on any atom is -0.340 e. The maximum absolute atomic E-state index is 13.2. The maximum Gasteiger partial charge on any atom is 0.252 e. The highest BCUT2D eigenvalue weighted by Crippen LogP contribution is 2.27. The standard InChI is InChI=1S/C24H17Cl3N4O2S/c25-17-8-6-15(7-9-17)23-30-31-24(34-23)29-22(33)20(10-14-4-2-1-3-5-14)28-21(32)16-11-18(26)13-19(27)12-16/h1-9,11-13,20H,10H2,(H,28,32)(H,29,31,33)/t20-/m0/s1. The molecule has 4 rings (SSSR count). The van der Waals surface area contributed by atoms with Crippen molar-refractivity contribution in [1.82, 2.24) is 15.5 Å². The molecule has 0 fully saturated rings. The summed E-state index contributed by atoms with van der Waals surface area (Å²) in [6.45, 7) is 0. The molecule has 1 aromatic heterocycles. The largest absolute Gasteiger partial charge is 0.340 e. The van der Waals surface area contributed by atoms with E-state index in [1.54, 1.807) is 12.1 Å². The third-order valence-electron chi connectivity index (χ3n) is 4.78. The number of aromatic nitrogens is 2. The first-order valence-corrected chi connectivity index (χ1v) is 12.0. The molecule has 4 aromatic rings. The van der Waals surface area contributed by atoms with Crippen LogP contribution in [-0.2, 0) is 11.2 Å². The Labute approximate surface area is 214 Å². The molecule has 2 amide bonds. The molecule has 0 saturated heterocycles. The van der Waals surface area contributed by atoms with Gasteiger partial charge in [-0.3, -0.25) is 14.9 Å². The Bertz CT molecular complexity index is 1290. The number of hydrogen-bond acceptors (Lipinski definition) is 5. The second-order valence-corrected chi connectivity index (χ2v) is 9.57. The fraction of sp³-hybridized carbons (Fsp3) is 0.0833. The minimum atomic E-state index is -0.879.